The van der Waals surface area contributed by atoms with Crippen LogP contribution in [0.5, 0.6) is 0 Å². The first-order valence-electron chi connectivity index (χ1n) is 2.76. The van der Waals surface area contributed by atoms with Crippen LogP contribution in [-0.2, 0) is 0 Å². The summed E-state index contributed by atoms with van der Waals surface area (Å²) in [6.45, 7) is 1.92. The van der Waals surface area contributed by atoms with Crippen molar-refractivity contribution in [2.45, 2.75) is 19.8 Å². The molecule has 0 rings (SSSR count). The van der Waals surface area contributed by atoms with E-state index in [2.05, 4.69) is 0 Å². The second kappa shape index (κ2) is 3.88. The second-order valence-electron chi connectivity index (χ2n) is 1.74. The molecule has 0 aromatic rings. The number of nitrogens with zero attached hydrogens (tertiary/aromatic N) is 1. The van der Waals surface area contributed by atoms with Gasteiger partial charge in [-0.15, -0.1) is 0 Å². The Labute approximate surface area is 53.5 Å². The summed E-state index contributed by atoms with van der Waals surface area (Å²) in [6.07, 6.45) is 2.28. The van der Waals surface area contributed by atoms with Gasteiger partial charge in [0.05, 0.1) is 10.6 Å². The third kappa shape index (κ3) is 4.80. The molecular weight excluding hydrogens is 120 g/mol. The van der Waals surface area contributed by atoms with Crippen molar-refractivity contribution in [2.75, 3.05) is 0 Å². The van der Waals surface area contributed by atoms with Crippen LogP contribution in [0.2, 0.25) is 0 Å². The van der Waals surface area contributed by atoms with Gasteiger partial charge in [-0.25, -0.2) is 0 Å². The largest absolute Gasteiger partial charge is 0.397 e. The average Bonchev–Trinajstić information content (AvgIpc) is 1.63. The summed E-state index contributed by atoms with van der Waals surface area (Å²) in [5.74, 6) is 0. The zero-order chi connectivity index (χ0) is 7.28. The van der Waals surface area contributed by atoms with E-state index in [0.717, 1.165) is 12.6 Å². The van der Waals surface area contributed by atoms with Crippen molar-refractivity contribution in [3.63, 3.8) is 0 Å². The second-order valence-corrected chi connectivity index (χ2v) is 1.74. The Morgan fingerprint density at radius 2 is 2.44 bits per heavy atom. The first-order chi connectivity index (χ1) is 4.16. The van der Waals surface area contributed by atoms with Crippen molar-refractivity contribution in [3.8, 4) is 0 Å². The van der Waals surface area contributed by atoms with Crippen LogP contribution >= 0.6 is 0 Å². The van der Waals surface area contributed by atoms with Gasteiger partial charge in [0.15, 0.2) is 0 Å². The number of rotatable bonds is 3. The number of hydrogen-bond acceptors (Lipinski definition) is 3. The summed E-state index contributed by atoms with van der Waals surface area (Å²) in [6, 6.07) is 0. The number of allylic oxidation sites excluding steroid dienone is 1. The Balaban J connectivity index is 3.69. The molecule has 9 heavy (non-hydrogen) atoms. The van der Waals surface area contributed by atoms with E-state index in [9.17, 15) is 10.1 Å². The highest BCUT2D eigenvalue weighted by molar-refractivity contribution is 4.89. The van der Waals surface area contributed by atoms with E-state index < -0.39 is 4.92 Å². The van der Waals surface area contributed by atoms with Crippen LogP contribution in [0.15, 0.2) is 11.9 Å². The quantitative estimate of drug-likeness (QED) is 0.455. The summed E-state index contributed by atoms with van der Waals surface area (Å²) in [7, 11) is 0. The van der Waals surface area contributed by atoms with Crippen LogP contribution in [0.4, 0.5) is 0 Å². The molecule has 0 radical (unpaired) electrons. The average molecular weight is 130 g/mol. The Morgan fingerprint density at radius 3 is 2.78 bits per heavy atom. The van der Waals surface area contributed by atoms with Crippen molar-refractivity contribution in [1.29, 1.82) is 0 Å². The maximum atomic E-state index is 9.73. The highest BCUT2D eigenvalue weighted by atomic mass is 16.6. The number of nitro groups is 1. The lowest BCUT2D eigenvalue weighted by molar-refractivity contribution is -0.403. The summed E-state index contributed by atoms with van der Waals surface area (Å²) in [5, 5.41) is 9.73. The van der Waals surface area contributed by atoms with Crippen LogP contribution in [0.25, 0.3) is 0 Å². The van der Waals surface area contributed by atoms with Crippen LogP contribution in [0.1, 0.15) is 19.8 Å². The molecule has 52 valence electrons. The maximum Gasteiger partial charge on any atom is 0.252 e. The molecule has 0 saturated heterocycles. The van der Waals surface area contributed by atoms with E-state index in [1.807, 2.05) is 6.92 Å². The zero-order valence-electron chi connectivity index (χ0n) is 5.33. The first kappa shape index (κ1) is 7.94. The van der Waals surface area contributed by atoms with Crippen LogP contribution in [-0.4, -0.2) is 4.92 Å². The highest BCUT2D eigenvalue weighted by Gasteiger charge is 1.93. The van der Waals surface area contributed by atoms with Crippen LogP contribution in [0, 0.1) is 10.1 Å². The fraction of sp³-hybridized carbons (Fsp3) is 0.600. The number of hydrogen-bond donors (Lipinski definition) is 1. The first-order valence-corrected chi connectivity index (χ1v) is 2.76. The molecule has 2 N–H and O–H groups in total. The van der Waals surface area contributed by atoms with Gasteiger partial charge in [0.2, 0.25) is 0 Å². The van der Waals surface area contributed by atoms with Gasteiger partial charge in [0.1, 0.15) is 0 Å². The lowest BCUT2D eigenvalue weighted by Crippen LogP contribution is -1.99. The normalized spacial score (nSPS) is 11.4. The molecule has 0 aromatic carbocycles. The van der Waals surface area contributed by atoms with E-state index in [1.165, 1.54) is 0 Å². The molecule has 0 saturated carbocycles. The molecule has 0 atom stereocenters. The van der Waals surface area contributed by atoms with E-state index in [-0.39, 0.29) is 0 Å². The molecule has 0 heterocycles. The fourth-order valence-electron chi connectivity index (χ4n) is 0.489. The zero-order valence-corrected chi connectivity index (χ0v) is 5.33. The molecule has 0 bridgehead atoms. The molecular formula is C5H10N2O2. The lowest BCUT2D eigenvalue weighted by Gasteiger charge is -1.90. The van der Waals surface area contributed by atoms with Gasteiger partial charge in [-0.3, -0.25) is 10.1 Å². The molecule has 0 aromatic heterocycles. The van der Waals surface area contributed by atoms with Crippen molar-refractivity contribution in [1.82, 2.24) is 0 Å². The maximum absolute atomic E-state index is 9.73. The van der Waals surface area contributed by atoms with Crippen molar-refractivity contribution in [3.05, 3.63) is 22.0 Å². The smallest absolute Gasteiger partial charge is 0.252 e. The molecule has 0 amide bonds. The molecule has 4 nitrogen and oxygen atoms in total. The van der Waals surface area contributed by atoms with Gasteiger partial charge in [0, 0.05) is 0 Å². The summed E-state index contributed by atoms with van der Waals surface area (Å²) >= 11 is 0. The Bertz CT molecular complexity index is 131. The van der Waals surface area contributed by atoms with Gasteiger partial charge < -0.3 is 5.73 Å². The molecule has 0 fully saturated rings. The standard InChI is InChI=1S/C5H10N2O2/c1-2-3-5(6)4-7(8)9/h4H,2-3,6H2,1H3/b5-4-. The van der Waals surface area contributed by atoms with E-state index in [4.69, 9.17) is 5.73 Å². The minimum absolute atomic E-state index is 0.336. The SMILES string of the molecule is CCC/C(N)=C/[N+](=O)[O-]. The number of nitrogens with two attached hydrogens (primary N) is 1. The van der Waals surface area contributed by atoms with E-state index in [0.29, 0.717) is 12.1 Å². The molecule has 0 aliphatic rings. The van der Waals surface area contributed by atoms with Gasteiger partial charge in [-0.05, 0) is 6.42 Å². The Kier molecular flexibility index (Phi) is 3.43. The molecule has 0 unspecified atom stereocenters. The summed E-state index contributed by atoms with van der Waals surface area (Å²) in [4.78, 5) is 9.20. The van der Waals surface area contributed by atoms with Crippen molar-refractivity contribution < 1.29 is 4.92 Å². The van der Waals surface area contributed by atoms with Crippen molar-refractivity contribution >= 4 is 0 Å². The summed E-state index contributed by atoms with van der Waals surface area (Å²) in [5.41, 5.74) is 5.54. The predicted molar refractivity (Wildman–Crippen MR) is 34.2 cm³/mol. The fourth-order valence-corrected chi connectivity index (χ4v) is 0.489. The van der Waals surface area contributed by atoms with Crippen LogP contribution in [0.3, 0.4) is 0 Å². The topological polar surface area (TPSA) is 69.2 Å². The monoisotopic (exact) mass is 130 g/mol. The molecule has 4 heteroatoms. The molecule has 0 spiro atoms. The molecule has 0 aliphatic carbocycles. The van der Waals surface area contributed by atoms with E-state index >= 15 is 0 Å². The van der Waals surface area contributed by atoms with Gasteiger partial charge in [-0.2, -0.15) is 0 Å². The Hall–Kier alpha value is -1.06. The Morgan fingerprint density at radius 1 is 1.89 bits per heavy atom. The van der Waals surface area contributed by atoms with Crippen molar-refractivity contribution in [2.24, 2.45) is 5.73 Å². The summed E-state index contributed by atoms with van der Waals surface area (Å²) < 4.78 is 0. The van der Waals surface area contributed by atoms with Gasteiger partial charge in [-0.1, -0.05) is 13.3 Å². The predicted octanol–water partition coefficient (Wildman–Crippen LogP) is 0.863. The minimum atomic E-state index is -0.537. The minimum Gasteiger partial charge on any atom is -0.397 e. The van der Waals surface area contributed by atoms with E-state index in [1.54, 1.807) is 0 Å². The third-order valence-corrected chi connectivity index (χ3v) is 0.810. The highest BCUT2D eigenvalue weighted by Crippen LogP contribution is 1.95. The van der Waals surface area contributed by atoms with Gasteiger partial charge in [0.25, 0.3) is 6.20 Å². The van der Waals surface area contributed by atoms with Crippen LogP contribution < -0.4 is 5.73 Å². The lowest BCUT2D eigenvalue weighted by atomic mass is 10.3. The van der Waals surface area contributed by atoms with Gasteiger partial charge >= 0.3 is 0 Å². The third-order valence-electron chi connectivity index (χ3n) is 0.810. The molecule has 0 aliphatic heterocycles.